The first kappa shape index (κ1) is 12.9. The summed E-state index contributed by atoms with van der Waals surface area (Å²) in [5.74, 6) is 0.542. The van der Waals surface area contributed by atoms with Gasteiger partial charge >= 0.3 is 0 Å². The Balaban J connectivity index is 1.78. The lowest BCUT2D eigenvalue weighted by Crippen LogP contribution is -2.37. The van der Waals surface area contributed by atoms with Crippen LogP contribution in [-0.2, 0) is 4.79 Å². The van der Waals surface area contributed by atoms with Crippen molar-refractivity contribution in [3.05, 3.63) is 71.4 Å². The fourth-order valence-electron chi connectivity index (χ4n) is 4.33. The molecule has 1 N–H and O–H groups in total. The van der Waals surface area contributed by atoms with Gasteiger partial charge in [-0.25, -0.2) is 0 Å². The van der Waals surface area contributed by atoms with Crippen LogP contribution in [0.15, 0.2) is 54.6 Å². The van der Waals surface area contributed by atoms with Gasteiger partial charge in [0, 0.05) is 35.5 Å². The molecule has 3 nitrogen and oxygen atoms in total. The van der Waals surface area contributed by atoms with E-state index in [0.29, 0.717) is 12.3 Å². The molecular formula is C20H18N2O. The number of carbonyl (C=O) groups is 1. The molecule has 0 radical (unpaired) electrons. The number of aromatic nitrogens is 1. The van der Waals surface area contributed by atoms with E-state index in [4.69, 9.17) is 0 Å². The summed E-state index contributed by atoms with van der Waals surface area (Å²) in [4.78, 5) is 18.0. The van der Waals surface area contributed by atoms with Gasteiger partial charge in [-0.05, 0) is 23.6 Å². The largest absolute Gasteiger partial charge is 0.356 e. The van der Waals surface area contributed by atoms with Gasteiger partial charge in [-0.3, -0.25) is 4.79 Å². The highest BCUT2D eigenvalue weighted by molar-refractivity contribution is 5.88. The highest BCUT2D eigenvalue weighted by Gasteiger charge is 2.42. The lowest BCUT2D eigenvalue weighted by molar-refractivity contribution is -0.129. The van der Waals surface area contributed by atoms with Gasteiger partial charge < -0.3 is 9.88 Å². The van der Waals surface area contributed by atoms with Crippen LogP contribution in [0.3, 0.4) is 0 Å². The Bertz CT molecular complexity index is 896. The molecule has 0 unspecified atom stereocenters. The predicted molar refractivity (Wildman–Crippen MR) is 90.3 cm³/mol. The van der Waals surface area contributed by atoms with E-state index in [-0.39, 0.29) is 12.0 Å². The Hall–Kier alpha value is -2.55. The molecular weight excluding hydrogens is 284 g/mol. The Labute approximate surface area is 134 Å². The zero-order valence-corrected chi connectivity index (χ0v) is 12.8. The van der Waals surface area contributed by atoms with Gasteiger partial charge in [0.25, 0.3) is 0 Å². The number of rotatable bonds is 1. The molecule has 3 aromatic rings. The summed E-state index contributed by atoms with van der Waals surface area (Å²) >= 11 is 0. The number of fused-ring (bicyclic) bond motifs is 5. The second kappa shape index (κ2) is 4.72. The van der Waals surface area contributed by atoms with Gasteiger partial charge in [0.2, 0.25) is 5.91 Å². The maximum absolute atomic E-state index is 12.3. The van der Waals surface area contributed by atoms with Crippen LogP contribution in [-0.4, -0.2) is 22.3 Å². The molecule has 1 saturated heterocycles. The zero-order chi connectivity index (χ0) is 15.4. The Kier molecular flexibility index (Phi) is 2.66. The summed E-state index contributed by atoms with van der Waals surface area (Å²) in [7, 11) is 0. The van der Waals surface area contributed by atoms with E-state index in [1.807, 2.05) is 6.07 Å². The smallest absolute Gasteiger partial charge is 0.223 e. The van der Waals surface area contributed by atoms with Crippen LogP contribution in [0.25, 0.3) is 10.9 Å². The van der Waals surface area contributed by atoms with E-state index < -0.39 is 0 Å². The van der Waals surface area contributed by atoms with E-state index in [1.165, 1.54) is 27.7 Å². The number of amides is 1. The van der Waals surface area contributed by atoms with E-state index >= 15 is 0 Å². The van der Waals surface area contributed by atoms with Crippen LogP contribution in [0.2, 0.25) is 0 Å². The molecule has 3 heteroatoms. The van der Waals surface area contributed by atoms with E-state index in [2.05, 4.69) is 58.4 Å². The summed E-state index contributed by atoms with van der Waals surface area (Å²) in [6.45, 7) is 0.794. The minimum Gasteiger partial charge on any atom is -0.356 e. The number of hydrogen-bond acceptors (Lipinski definition) is 1. The number of para-hydroxylation sites is 1. The Morgan fingerprint density at radius 2 is 1.78 bits per heavy atom. The second-order valence-corrected chi connectivity index (χ2v) is 6.56. The maximum atomic E-state index is 12.3. The van der Waals surface area contributed by atoms with Gasteiger partial charge in [-0.1, -0.05) is 48.5 Å². The number of nitrogens with one attached hydrogen (secondary N) is 1. The normalized spacial score (nSPS) is 23.1. The fraction of sp³-hybridized carbons (Fsp3) is 0.250. The van der Waals surface area contributed by atoms with Gasteiger partial charge in [0.1, 0.15) is 0 Å². The van der Waals surface area contributed by atoms with Crippen LogP contribution in [0.5, 0.6) is 0 Å². The molecule has 114 valence electrons. The summed E-state index contributed by atoms with van der Waals surface area (Å²) < 4.78 is 0. The van der Waals surface area contributed by atoms with Crippen molar-refractivity contribution >= 4 is 16.8 Å². The minimum atomic E-state index is 0.227. The lowest BCUT2D eigenvalue weighted by Gasteiger charge is -2.35. The van der Waals surface area contributed by atoms with Gasteiger partial charge in [-0.15, -0.1) is 0 Å². The molecule has 2 aromatic carbocycles. The first-order valence-corrected chi connectivity index (χ1v) is 8.28. The summed E-state index contributed by atoms with van der Waals surface area (Å²) in [5.41, 5.74) is 5.11. The average Bonchev–Trinajstić information content (AvgIpc) is 3.16. The molecule has 2 aliphatic rings. The minimum absolute atomic E-state index is 0.227. The van der Waals surface area contributed by atoms with Crippen molar-refractivity contribution in [3.63, 3.8) is 0 Å². The van der Waals surface area contributed by atoms with Crippen LogP contribution in [0.1, 0.15) is 41.6 Å². The summed E-state index contributed by atoms with van der Waals surface area (Å²) in [6.07, 6.45) is 1.60. The van der Waals surface area contributed by atoms with E-state index in [1.54, 1.807) is 0 Å². The Morgan fingerprint density at radius 1 is 1.00 bits per heavy atom. The van der Waals surface area contributed by atoms with Crippen LogP contribution in [0.4, 0.5) is 0 Å². The highest BCUT2D eigenvalue weighted by atomic mass is 16.2. The van der Waals surface area contributed by atoms with Crippen molar-refractivity contribution < 1.29 is 4.79 Å². The molecule has 0 aliphatic carbocycles. The lowest BCUT2D eigenvalue weighted by atomic mass is 9.84. The van der Waals surface area contributed by atoms with Gasteiger partial charge in [0.15, 0.2) is 0 Å². The maximum Gasteiger partial charge on any atom is 0.223 e. The summed E-state index contributed by atoms with van der Waals surface area (Å²) in [6, 6.07) is 19.3. The van der Waals surface area contributed by atoms with Crippen molar-refractivity contribution in [2.75, 3.05) is 6.54 Å². The van der Waals surface area contributed by atoms with Crippen LogP contribution < -0.4 is 0 Å². The van der Waals surface area contributed by atoms with Crippen molar-refractivity contribution in [1.82, 2.24) is 9.88 Å². The number of benzene rings is 2. The molecule has 23 heavy (non-hydrogen) atoms. The molecule has 5 rings (SSSR count). The number of nitrogens with zero attached hydrogens (tertiary/aromatic N) is 1. The van der Waals surface area contributed by atoms with Crippen molar-refractivity contribution in [2.24, 2.45) is 0 Å². The fourth-order valence-corrected chi connectivity index (χ4v) is 4.33. The third-order valence-corrected chi connectivity index (χ3v) is 5.37. The van der Waals surface area contributed by atoms with E-state index in [9.17, 15) is 4.79 Å². The second-order valence-electron chi connectivity index (χ2n) is 6.56. The number of H-pyrrole nitrogens is 1. The molecule has 1 amide bonds. The van der Waals surface area contributed by atoms with Crippen LogP contribution in [0, 0.1) is 0 Å². The van der Waals surface area contributed by atoms with Crippen molar-refractivity contribution in [2.45, 2.75) is 24.8 Å². The molecule has 1 aromatic heterocycles. The average molecular weight is 302 g/mol. The number of aromatic amines is 1. The van der Waals surface area contributed by atoms with Gasteiger partial charge in [0.05, 0.1) is 6.04 Å². The Morgan fingerprint density at radius 3 is 2.65 bits per heavy atom. The first-order chi connectivity index (χ1) is 11.3. The predicted octanol–water partition coefficient (Wildman–Crippen LogP) is 3.98. The quantitative estimate of drug-likeness (QED) is 0.725. The monoisotopic (exact) mass is 302 g/mol. The molecule has 0 bridgehead atoms. The molecule has 0 spiro atoms. The zero-order valence-electron chi connectivity index (χ0n) is 12.8. The van der Waals surface area contributed by atoms with Crippen molar-refractivity contribution in [3.8, 4) is 0 Å². The third kappa shape index (κ3) is 1.79. The standard InChI is InChI=1S/C20H18N2O/c23-18-11-10-17-20-19(14-8-4-5-9-16(14)21-20)15(12-22(17)18)13-6-2-1-3-7-13/h1-9,15,17,21H,10-12H2/t15-,17+/m0/s1. The summed E-state index contributed by atoms with van der Waals surface area (Å²) in [5, 5.41) is 1.30. The molecule has 2 atom stereocenters. The molecule has 1 fully saturated rings. The van der Waals surface area contributed by atoms with Crippen molar-refractivity contribution in [1.29, 1.82) is 0 Å². The third-order valence-electron chi connectivity index (χ3n) is 5.37. The van der Waals surface area contributed by atoms with Crippen LogP contribution >= 0.6 is 0 Å². The number of hydrogen-bond donors (Lipinski definition) is 1. The first-order valence-electron chi connectivity index (χ1n) is 8.28. The van der Waals surface area contributed by atoms with Gasteiger partial charge in [-0.2, -0.15) is 0 Å². The topological polar surface area (TPSA) is 36.1 Å². The molecule has 0 saturated carbocycles. The highest BCUT2D eigenvalue weighted by Crippen LogP contribution is 2.47. The molecule has 2 aliphatic heterocycles. The number of carbonyl (C=O) groups excluding carboxylic acids is 1. The molecule has 3 heterocycles. The van der Waals surface area contributed by atoms with E-state index in [0.717, 1.165) is 13.0 Å². The SMILES string of the molecule is O=C1CC[C@@H]2c3[nH]c4ccccc4c3[C@H](c3ccccc3)CN12.